The van der Waals surface area contributed by atoms with E-state index in [0.717, 1.165) is 0 Å². The predicted molar refractivity (Wildman–Crippen MR) is 455 cm³/mol. The molecule has 7 rings (SSSR count). The highest BCUT2D eigenvalue weighted by Gasteiger charge is 2.31. The van der Waals surface area contributed by atoms with Gasteiger partial charge in [-0.15, -0.1) is 0 Å². The second kappa shape index (κ2) is 59.7. The number of hydrogen-bond acceptors (Lipinski definition) is 26. The zero-order valence-corrected chi connectivity index (χ0v) is 72.1. The van der Waals surface area contributed by atoms with Gasteiger partial charge in [0.25, 0.3) is 0 Å². The van der Waals surface area contributed by atoms with Crippen molar-refractivity contribution in [2.45, 2.75) is 134 Å². The normalized spacial score (nSPS) is 15.2. The standard InChI is InChI=1S/C20H36Br2N6O5.C19H32BrN5O5S.2C16H14O2.C9H20N4O2/c1-3-14(16(29)10-23-2)25-11-17(30)15(6-4-5-7-24-18(31)8-21)27-13-28-20(33)12-26-19(32)9-22;20-7-19(30)22-6-2-1-3-14-17(28)9-23-15(16(27)8-21)11-31-10-13(26)4-5-18(29)25-12-24-14;2*1-11(17)18-10-16-14-8-4-2-6-12(14)13-7-3-5-9-15(13)16;1-3-7(8(14)5-11-2)12-6-13-9(15)4-10/h14-15,23,25,27H,3-13H2,1-2H3,(H,24,31)(H,26,32)(H,28,33);14-15,23-24H,1-12,21H2,(H,22,30)(H,25,29);2*2-9,16H,10H2,1H3;7,11-12H,3-6,10H2,1-2H3,(H,13,15)/t2*14-,15-;;;7-/m00..0/s1. The van der Waals surface area contributed by atoms with E-state index in [4.69, 9.17) is 20.9 Å². The molecule has 1 fully saturated rings. The Balaban J connectivity index is 0.000000384. The molecule has 6 amide bonds. The molecule has 0 saturated carbocycles. The Hall–Kier alpha value is -7.91. The van der Waals surface area contributed by atoms with Gasteiger partial charge in [-0.2, -0.15) is 11.8 Å². The van der Waals surface area contributed by atoms with Crippen LogP contribution in [0.5, 0.6) is 0 Å². The minimum Gasteiger partial charge on any atom is -0.465 e. The highest BCUT2D eigenvalue weighted by molar-refractivity contribution is 9.09. The van der Waals surface area contributed by atoms with Gasteiger partial charge in [0, 0.05) is 57.4 Å². The number of carbonyl (C=O) groups is 14. The van der Waals surface area contributed by atoms with Crippen molar-refractivity contribution in [1.82, 2.24) is 69.1 Å². The largest absolute Gasteiger partial charge is 0.465 e. The van der Waals surface area contributed by atoms with Gasteiger partial charge in [-0.1, -0.05) is 159 Å². The molecule has 4 aromatic carbocycles. The first kappa shape index (κ1) is 101. The van der Waals surface area contributed by atoms with Crippen LogP contribution in [0.4, 0.5) is 0 Å². The highest BCUT2D eigenvalue weighted by Crippen LogP contribution is 2.45. The van der Waals surface area contributed by atoms with E-state index in [9.17, 15) is 67.1 Å². The Bertz CT molecular complexity index is 3570. The lowest BCUT2D eigenvalue weighted by Gasteiger charge is -2.21. The van der Waals surface area contributed by atoms with Gasteiger partial charge in [-0.3, -0.25) is 88.4 Å². The lowest BCUT2D eigenvalue weighted by atomic mass is 9.98. The van der Waals surface area contributed by atoms with E-state index in [1.165, 1.54) is 70.1 Å². The van der Waals surface area contributed by atoms with Crippen LogP contribution < -0.4 is 80.6 Å². The molecule has 115 heavy (non-hydrogen) atoms. The maximum Gasteiger partial charge on any atom is 0.302 e. The molecule has 1 aliphatic heterocycles. The van der Waals surface area contributed by atoms with Crippen molar-refractivity contribution >= 4 is 142 Å². The second-order valence-electron chi connectivity index (χ2n) is 26.6. The first-order valence-electron chi connectivity index (χ1n) is 38.4. The van der Waals surface area contributed by atoms with Gasteiger partial charge >= 0.3 is 11.9 Å². The van der Waals surface area contributed by atoms with Crippen LogP contribution in [0.25, 0.3) is 22.3 Å². The number of alkyl halides is 3. The van der Waals surface area contributed by atoms with Gasteiger partial charge in [0.15, 0.2) is 28.9 Å². The molecule has 0 aromatic heterocycles. The van der Waals surface area contributed by atoms with Gasteiger partial charge in [0.05, 0.1) is 118 Å². The minimum atomic E-state index is -0.614. The maximum absolute atomic E-state index is 12.8. The van der Waals surface area contributed by atoms with Crippen LogP contribution in [0.3, 0.4) is 0 Å². The number of rotatable bonds is 40. The maximum atomic E-state index is 12.8. The monoisotopic (exact) mass is 1810 g/mol. The fourth-order valence-electron chi connectivity index (χ4n) is 12.1. The minimum absolute atomic E-state index is 0.0151. The van der Waals surface area contributed by atoms with Crippen LogP contribution >= 0.6 is 59.6 Å². The summed E-state index contributed by atoms with van der Waals surface area (Å²) in [5.74, 6) is -1.46. The number of fused-ring (bicyclic) bond motifs is 6. The molecule has 17 N–H and O–H groups in total. The molecule has 3 aliphatic rings. The molecule has 4 aromatic rings. The van der Waals surface area contributed by atoms with Crippen LogP contribution in [0.1, 0.15) is 126 Å². The number of thioether (sulfide) groups is 1. The van der Waals surface area contributed by atoms with Crippen molar-refractivity contribution in [3.8, 4) is 22.3 Å². The molecular formula is C80H116Br3N15O16S. The quantitative estimate of drug-likeness (QED) is 0.0132. The summed E-state index contributed by atoms with van der Waals surface area (Å²) in [5.41, 5.74) is 20.6. The first-order valence-corrected chi connectivity index (χ1v) is 42.9. The van der Waals surface area contributed by atoms with Gasteiger partial charge in [-0.05, 0) is 110 Å². The predicted octanol–water partition coefficient (Wildman–Crippen LogP) is 2.69. The molecule has 0 spiro atoms. The van der Waals surface area contributed by atoms with Gasteiger partial charge < -0.3 is 68.8 Å². The Morgan fingerprint density at radius 3 is 1.41 bits per heavy atom. The summed E-state index contributed by atoms with van der Waals surface area (Å²) in [5, 5.41) is 36.9. The summed E-state index contributed by atoms with van der Waals surface area (Å²) >= 11 is 10.4. The van der Waals surface area contributed by atoms with E-state index >= 15 is 0 Å². The number of amides is 6. The summed E-state index contributed by atoms with van der Waals surface area (Å²) in [6.07, 6.45) is 5.25. The van der Waals surface area contributed by atoms with Crippen LogP contribution in [-0.4, -0.2) is 246 Å². The number of hydrogen-bond donors (Lipinski definition) is 15. The second-order valence-corrected chi connectivity index (χ2v) is 29.3. The zero-order chi connectivity index (χ0) is 84.9. The topological polar surface area (TPSA) is 466 Å². The van der Waals surface area contributed by atoms with E-state index in [-0.39, 0.29) is 194 Å². The number of esters is 2. The molecule has 0 bridgehead atoms. The lowest BCUT2D eigenvalue weighted by Crippen LogP contribution is -2.50. The molecule has 0 unspecified atom stereocenters. The van der Waals surface area contributed by atoms with E-state index in [2.05, 4.69) is 165 Å². The summed E-state index contributed by atoms with van der Waals surface area (Å²) in [4.78, 5) is 163. The van der Waals surface area contributed by atoms with Crippen molar-refractivity contribution in [3.63, 3.8) is 0 Å². The Labute approximate surface area is 703 Å². The molecule has 0 radical (unpaired) electrons. The number of halogens is 3. The van der Waals surface area contributed by atoms with Crippen molar-refractivity contribution in [1.29, 1.82) is 0 Å². The van der Waals surface area contributed by atoms with Crippen LogP contribution in [-0.2, 0) is 76.6 Å². The number of ketones is 6. The molecule has 35 heteroatoms. The number of nitrogens with one attached hydrogen (secondary N) is 13. The van der Waals surface area contributed by atoms with Crippen LogP contribution in [0.15, 0.2) is 97.1 Å². The van der Waals surface area contributed by atoms with E-state index in [1.807, 2.05) is 62.4 Å². The molecule has 1 saturated heterocycles. The third-order valence-electron chi connectivity index (χ3n) is 18.1. The van der Waals surface area contributed by atoms with Crippen molar-refractivity contribution < 1.29 is 76.6 Å². The van der Waals surface area contributed by atoms with E-state index < -0.39 is 24.2 Å². The summed E-state index contributed by atoms with van der Waals surface area (Å²) in [6, 6.07) is 31.0. The van der Waals surface area contributed by atoms with Crippen LogP contribution in [0.2, 0.25) is 0 Å². The number of likely N-dealkylation sites (N-methyl/N-ethyl adjacent to an activating group) is 2. The third-order valence-corrected chi connectivity index (χ3v) is 20.7. The molecule has 5 atom stereocenters. The van der Waals surface area contributed by atoms with Crippen molar-refractivity contribution in [2.75, 3.05) is 134 Å². The van der Waals surface area contributed by atoms with E-state index in [0.29, 0.717) is 90.0 Å². The number of carbonyl (C=O) groups excluding carboxylic acids is 14. The van der Waals surface area contributed by atoms with Crippen molar-refractivity contribution in [2.24, 2.45) is 11.5 Å². The molecule has 31 nitrogen and oxygen atoms in total. The number of ether oxygens (including phenoxy) is 2. The Morgan fingerprint density at radius 1 is 0.513 bits per heavy atom. The average molecular weight is 1820 g/mol. The lowest BCUT2D eigenvalue weighted by molar-refractivity contribution is -0.142. The van der Waals surface area contributed by atoms with E-state index in [1.54, 1.807) is 14.1 Å². The number of Topliss-reactive ketones (excluding diaryl/α,β-unsaturated/α-hetero) is 6. The molecule has 2 aliphatic carbocycles. The van der Waals surface area contributed by atoms with Crippen LogP contribution in [0, 0.1) is 0 Å². The SMILES string of the molecule is CC(=O)OCC1c2ccccc2-c2ccccc21.CC(=O)OCC1c2ccccc2-c2ccccc21.CC[C@H](NCC(=O)[C@H](CCCCNC(=O)CBr)NCNC(=O)CNC(=O)CBr)C(=O)CNC.CC[C@H](NCNC(=O)CN)C(=O)CNC.NCC(=O)[C@@H]1CSCC(=O)CCC(=O)NCN[C@@H](CCCCNC(=O)CBr)C(=O)CN1. The van der Waals surface area contributed by atoms with Gasteiger partial charge in [0.2, 0.25) is 35.4 Å². The molecule has 634 valence electrons. The average Bonchev–Trinajstić information content (AvgIpc) is 1.62. The smallest absolute Gasteiger partial charge is 0.302 e. The first-order chi connectivity index (χ1) is 55.3. The number of unbranched alkanes of at least 4 members (excludes halogenated alkanes) is 2. The molecule has 1 heterocycles. The fraction of sp³-hybridized carbons (Fsp3) is 0.525. The summed E-state index contributed by atoms with van der Waals surface area (Å²) in [6.45, 7) is 9.15. The zero-order valence-electron chi connectivity index (χ0n) is 66.5. The number of nitrogens with two attached hydrogens (primary N) is 2. The van der Waals surface area contributed by atoms with Gasteiger partial charge in [-0.25, -0.2) is 0 Å². The highest BCUT2D eigenvalue weighted by atomic mass is 79.9. The summed E-state index contributed by atoms with van der Waals surface area (Å²) in [7, 11) is 3.41. The van der Waals surface area contributed by atoms with Crippen molar-refractivity contribution in [3.05, 3.63) is 119 Å². The Kier molecular flexibility index (Phi) is 52.6. The Morgan fingerprint density at radius 2 is 0.957 bits per heavy atom. The third kappa shape index (κ3) is 39.7. The molecular weight excluding hydrogens is 1700 g/mol. The summed E-state index contributed by atoms with van der Waals surface area (Å²) < 4.78 is 10.4. The number of benzene rings is 4. The van der Waals surface area contributed by atoms with Gasteiger partial charge in [0.1, 0.15) is 19.0 Å². The fourth-order valence-corrected chi connectivity index (χ4v) is 13.7.